The molecule has 9 heteroatoms. The van der Waals surface area contributed by atoms with Gasteiger partial charge in [0.1, 0.15) is 10.7 Å². The fourth-order valence-corrected chi connectivity index (χ4v) is 4.58. The van der Waals surface area contributed by atoms with Crippen LogP contribution in [0.1, 0.15) is 48.5 Å². The number of benzene rings is 1. The molecule has 0 saturated carbocycles. The predicted octanol–water partition coefficient (Wildman–Crippen LogP) is 2.43. The van der Waals surface area contributed by atoms with Gasteiger partial charge in [0.05, 0.1) is 11.3 Å². The molecule has 1 N–H and O–H groups in total. The molecule has 3 heterocycles. The summed E-state index contributed by atoms with van der Waals surface area (Å²) in [6.07, 6.45) is 1.80. The molecule has 3 amide bonds. The second kappa shape index (κ2) is 6.97. The summed E-state index contributed by atoms with van der Waals surface area (Å²) >= 11 is 1.34. The monoisotopic (exact) mass is 399 g/mol. The number of rotatable bonds is 5. The van der Waals surface area contributed by atoms with Gasteiger partial charge in [-0.25, -0.2) is 0 Å². The Hall–Kier alpha value is -2.81. The maximum absolute atomic E-state index is 13.1. The van der Waals surface area contributed by atoms with Crippen molar-refractivity contribution in [3.63, 3.8) is 0 Å². The van der Waals surface area contributed by atoms with Crippen molar-refractivity contribution >= 4 is 39.9 Å². The molecular formula is C19H21N5O3S. The van der Waals surface area contributed by atoms with Crippen LogP contribution in [0.25, 0.3) is 0 Å². The van der Waals surface area contributed by atoms with Gasteiger partial charge in [-0.15, -0.1) is 10.2 Å². The van der Waals surface area contributed by atoms with Gasteiger partial charge in [-0.05, 0) is 31.9 Å². The van der Waals surface area contributed by atoms with E-state index in [1.165, 1.54) is 11.3 Å². The zero-order chi connectivity index (χ0) is 19.9. The first-order valence-electron chi connectivity index (χ1n) is 9.30. The van der Waals surface area contributed by atoms with Crippen molar-refractivity contribution in [3.05, 3.63) is 34.8 Å². The van der Waals surface area contributed by atoms with E-state index < -0.39 is 5.66 Å². The number of nitrogens with one attached hydrogen (secondary N) is 1. The van der Waals surface area contributed by atoms with Gasteiger partial charge >= 0.3 is 0 Å². The molecule has 1 fully saturated rings. The van der Waals surface area contributed by atoms with Crippen LogP contribution in [-0.2, 0) is 16.0 Å². The van der Waals surface area contributed by atoms with Crippen LogP contribution in [0.3, 0.4) is 0 Å². The minimum atomic E-state index is -0.749. The molecule has 0 bridgehead atoms. The van der Waals surface area contributed by atoms with Gasteiger partial charge in [-0.2, -0.15) is 0 Å². The average molecular weight is 399 g/mol. The van der Waals surface area contributed by atoms with Gasteiger partial charge in [0.25, 0.3) is 5.91 Å². The van der Waals surface area contributed by atoms with E-state index in [1.54, 1.807) is 28.0 Å². The predicted molar refractivity (Wildman–Crippen MR) is 105 cm³/mol. The lowest BCUT2D eigenvalue weighted by atomic mass is 9.98. The van der Waals surface area contributed by atoms with Crippen molar-refractivity contribution in [3.8, 4) is 0 Å². The highest BCUT2D eigenvalue weighted by molar-refractivity contribution is 7.15. The smallest absolute Gasteiger partial charge is 0.257 e. The Morgan fingerprint density at radius 1 is 1.29 bits per heavy atom. The van der Waals surface area contributed by atoms with Crippen LogP contribution >= 0.6 is 11.3 Å². The van der Waals surface area contributed by atoms with E-state index in [4.69, 9.17) is 0 Å². The van der Waals surface area contributed by atoms with Gasteiger partial charge < -0.3 is 10.2 Å². The normalized spacial score (nSPS) is 20.9. The Bertz CT molecular complexity index is 959. The van der Waals surface area contributed by atoms with Crippen LogP contribution < -0.4 is 10.2 Å². The first-order valence-corrected chi connectivity index (χ1v) is 10.1. The number of aromatic nitrogens is 2. The molecule has 8 nitrogen and oxygen atoms in total. The molecule has 1 saturated heterocycles. The molecule has 4 rings (SSSR count). The number of nitrogens with zero attached hydrogens (tertiary/aromatic N) is 4. The summed E-state index contributed by atoms with van der Waals surface area (Å²) in [4.78, 5) is 41.4. The van der Waals surface area contributed by atoms with Gasteiger partial charge in [0.15, 0.2) is 0 Å². The number of fused-ring (bicyclic) bond motifs is 3. The lowest BCUT2D eigenvalue weighted by Crippen LogP contribution is -2.62. The minimum absolute atomic E-state index is 0.00198. The second-order valence-electron chi connectivity index (χ2n) is 7.07. The second-order valence-corrected chi connectivity index (χ2v) is 8.13. The third-order valence-electron chi connectivity index (χ3n) is 5.32. The number of amides is 3. The average Bonchev–Trinajstić information content (AvgIpc) is 3.26. The third kappa shape index (κ3) is 2.95. The van der Waals surface area contributed by atoms with E-state index in [-0.39, 0.29) is 30.7 Å². The molecule has 1 aromatic heterocycles. The molecule has 2 aliphatic heterocycles. The Morgan fingerprint density at radius 2 is 2.07 bits per heavy atom. The molecule has 28 heavy (non-hydrogen) atoms. The molecule has 2 aliphatic rings. The van der Waals surface area contributed by atoms with E-state index in [9.17, 15) is 14.4 Å². The highest BCUT2D eigenvalue weighted by Gasteiger charge is 2.52. The van der Waals surface area contributed by atoms with Crippen molar-refractivity contribution in [2.24, 2.45) is 0 Å². The number of aryl methyl sites for hydroxylation is 1. The first-order chi connectivity index (χ1) is 13.4. The van der Waals surface area contributed by atoms with Gasteiger partial charge in [0, 0.05) is 19.4 Å². The third-order valence-corrected chi connectivity index (χ3v) is 6.31. The number of para-hydroxylation sites is 1. The molecule has 1 aromatic carbocycles. The fraction of sp³-hybridized carbons (Fsp3) is 0.421. The summed E-state index contributed by atoms with van der Waals surface area (Å²) in [7, 11) is 0. The highest BCUT2D eigenvalue weighted by atomic mass is 32.1. The number of hydrogen-bond acceptors (Lipinski definition) is 6. The van der Waals surface area contributed by atoms with Crippen molar-refractivity contribution in [1.82, 2.24) is 15.1 Å². The summed E-state index contributed by atoms with van der Waals surface area (Å²) in [5, 5.41) is 12.0. The summed E-state index contributed by atoms with van der Waals surface area (Å²) in [6, 6.07) is 7.14. The Kier molecular flexibility index (Phi) is 4.62. The molecular weight excluding hydrogens is 378 g/mol. The zero-order valence-electron chi connectivity index (χ0n) is 15.8. The largest absolute Gasteiger partial charge is 0.315 e. The molecule has 1 atom stereocenters. The SMILES string of the molecule is CCc1nnc(NC(=O)CCN2C(=O)c3ccccc3N3C(=O)CC[C@]23C)s1. The van der Waals surface area contributed by atoms with Crippen LogP contribution in [-0.4, -0.2) is 45.0 Å². The Labute approximate surface area is 166 Å². The standard InChI is InChI=1S/C19H21N5O3S/c1-3-15-21-22-18(28-15)20-14(25)9-11-23-17(27)12-6-4-5-7-13(12)24-16(26)8-10-19(23,24)2/h4-7H,3,8-11H2,1-2H3,(H,20,22,25)/t19-/m1/s1. The molecule has 0 aliphatic carbocycles. The number of hydrogen-bond donors (Lipinski definition) is 1. The van der Waals surface area contributed by atoms with Crippen LogP contribution in [0, 0.1) is 0 Å². The Morgan fingerprint density at radius 3 is 2.82 bits per heavy atom. The molecule has 0 unspecified atom stereocenters. The lowest BCUT2D eigenvalue weighted by Gasteiger charge is -2.48. The van der Waals surface area contributed by atoms with E-state index in [1.807, 2.05) is 19.9 Å². The zero-order valence-corrected chi connectivity index (χ0v) is 16.6. The van der Waals surface area contributed by atoms with Crippen molar-refractivity contribution in [1.29, 1.82) is 0 Å². The van der Waals surface area contributed by atoms with E-state index in [2.05, 4.69) is 15.5 Å². The maximum Gasteiger partial charge on any atom is 0.257 e. The van der Waals surface area contributed by atoms with Gasteiger partial charge in [-0.3, -0.25) is 19.3 Å². The highest BCUT2D eigenvalue weighted by Crippen LogP contribution is 2.43. The van der Waals surface area contributed by atoms with Crippen LogP contribution in [0.15, 0.2) is 24.3 Å². The fourth-order valence-electron chi connectivity index (χ4n) is 3.88. The molecule has 0 radical (unpaired) electrons. The summed E-state index contributed by atoms with van der Waals surface area (Å²) in [5.41, 5.74) is 0.396. The maximum atomic E-state index is 13.1. The van der Waals surface area contributed by atoms with Gasteiger partial charge in [0.2, 0.25) is 16.9 Å². The van der Waals surface area contributed by atoms with E-state index in [0.717, 1.165) is 11.4 Å². The Balaban J connectivity index is 1.53. The molecule has 2 aromatic rings. The number of anilines is 2. The number of carbonyl (C=O) groups excluding carboxylic acids is 3. The van der Waals surface area contributed by atoms with Crippen molar-refractivity contribution in [2.45, 2.75) is 45.2 Å². The topological polar surface area (TPSA) is 95.5 Å². The summed E-state index contributed by atoms with van der Waals surface area (Å²) < 4.78 is 0. The van der Waals surface area contributed by atoms with Crippen LogP contribution in [0.2, 0.25) is 0 Å². The molecule has 146 valence electrons. The first kappa shape index (κ1) is 18.5. The van der Waals surface area contributed by atoms with Crippen molar-refractivity contribution < 1.29 is 14.4 Å². The van der Waals surface area contributed by atoms with E-state index >= 15 is 0 Å². The van der Waals surface area contributed by atoms with Crippen LogP contribution in [0.4, 0.5) is 10.8 Å². The summed E-state index contributed by atoms with van der Waals surface area (Å²) in [6.45, 7) is 4.09. The minimum Gasteiger partial charge on any atom is -0.315 e. The van der Waals surface area contributed by atoms with Crippen LogP contribution in [0.5, 0.6) is 0 Å². The lowest BCUT2D eigenvalue weighted by molar-refractivity contribution is -0.117. The molecule has 0 spiro atoms. The van der Waals surface area contributed by atoms with E-state index in [0.29, 0.717) is 29.2 Å². The van der Waals surface area contributed by atoms with Crippen molar-refractivity contribution in [2.75, 3.05) is 16.8 Å². The summed E-state index contributed by atoms with van der Waals surface area (Å²) in [5.74, 6) is -0.385. The van der Waals surface area contributed by atoms with Gasteiger partial charge in [-0.1, -0.05) is 30.4 Å². The quantitative estimate of drug-likeness (QED) is 0.833. The number of carbonyl (C=O) groups is 3.